The van der Waals surface area contributed by atoms with Gasteiger partial charge in [0.1, 0.15) is 5.75 Å². The van der Waals surface area contributed by atoms with Gasteiger partial charge >= 0.3 is 0 Å². The quantitative estimate of drug-likeness (QED) is 0.159. The summed E-state index contributed by atoms with van der Waals surface area (Å²) in [7, 11) is 1.63. The number of thioether (sulfide) groups is 1. The minimum absolute atomic E-state index is 0.355. The first-order chi connectivity index (χ1) is 20.0. The van der Waals surface area contributed by atoms with Crippen LogP contribution in [0.4, 0.5) is 0 Å². The van der Waals surface area contributed by atoms with Gasteiger partial charge in [0.25, 0.3) is 0 Å². The fourth-order valence-corrected chi connectivity index (χ4v) is 7.83. The third-order valence-electron chi connectivity index (χ3n) is 8.47. The van der Waals surface area contributed by atoms with Crippen molar-refractivity contribution in [3.63, 3.8) is 0 Å². The summed E-state index contributed by atoms with van der Waals surface area (Å²) in [5.74, 6) is 1.35. The SMILES string of the molecule is COc1ccc2ncc(CN3CCOCC3)c([C@H](O)CCC3(C(=O)NO)CCN(CCSc4cccs4)CC3)c2c1. The third kappa shape index (κ3) is 7.40. The Morgan fingerprint density at radius 3 is 2.73 bits per heavy atom. The van der Waals surface area contributed by atoms with Gasteiger partial charge < -0.3 is 19.5 Å². The molecule has 0 bridgehead atoms. The minimum Gasteiger partial charge on any atom is -0.497 e. The Hall–Kier alpha value is -2.25. The number of aromatic nitrogens is 1. The lowest BCUT2D eigenvalue weighted by molar-refractivity contribution is -0.143. The van der Waals surface area contributed by atoms with Gasteiger partial charge in [-0.1, -0.05) is 6.07 Å². The Morgan fingerprint density at radius 1 is 1.22 bits per heavy atom. The molecule has 3 aromatic rings. The largest absolute Gasteiger partial charge is 0.497 e. The molecule has 1 atom stereocenters. The summed E-state index contributed by atoms with van der Waals surface area (Å²) < 4.78 is 12.3. The van der Waals surface area contributed by atoms with Crippen LogP contribution in [-0.4, -0.2) is 89.8 Å². The van der Waals surface area contributed by atoms with Crippen molar-refractivity contribution in [2.45, 2.75) is 42.5 Å². The van der Waals surface area contributed by atoms with Crippen LogP contribution >= 0.6 is 23.1 Å². The third-order valence-corrected chi connectivity index (χ3v) is 10.6. The number of likely N-dealkylation sites (tertiary alicyclic amines) is 1. The highest BCUT2D eigenvalue weighted by molar-refractivity contribution is 8.01. The van der Waals surface area contributed by atoms with Gasteiger partial charge in [-0.2, -0.15) is 0 Å². The number of fused-ring (bicyclic) bond motifs is 1. The van der Waals surface area contributed by atoms with Gasteiger partial charge in [0.2, 0.25) is 5.91 Å². The number of pyridine rings is 1. The number of hydrogen-bond acceptors (Lipinski definition) is 10. The van der Waals surface area contributed by atoms with E-state index in [1.54, 1.807) is 18.4 Å². The second-order valence-electron chi connectivity index (χ2n) is 10.9. The van der Waals surface area contributed by atoms with Crippen molar-refractivity contribution < 1.29 is 24.6 Å². The van der Waals surface area contributed by atoms with Gasteiger partial charge in [-0.05, 0) is 79.5 Å². The number of aliphatic hydroxyl groups excluding tert-OH is 1. The zero-order valence-corrected chi connectivity index (χ0v) is 25.2. The molecular formula is C30H40N4O5S2. The zero-order chi connectivity index (χ0) is 28.7. The standard InChI is InChI=1S/C30H40N4O5S2/c1-38-23-4-5-25-24(19-23)28(22(20-31-25)21-34-12-15-39-16-13-34)26(35)6-7-30(29(36)32-37)8-10-33(11-9-30)14-18-41-27-3-2-17-40-27/h2-5,17,19-20,26,35,37H,6-16,18,21H2,1H3,(H,32,36)/t26-/m1/s1. The number of thiophene rings is 1. The number of hydroxylamine groups is 1. The van der Waals surface area contributed by atoms with E-state index in [1.165, 1.54) is 4.21 Å². The summed E-state index contributed by atoms with van der Waals surface area (Å²) in [6.07, 6.45) is 3.22. The molecule has 4 heterocycles. The van der Waals surface area contributed by atoms with E-state index in [0.717, 1.165) is 60.5 Å². The molecule has 41 heavy (non-hydrogen) atoms. The number of hydrogen-bond donors (Lipinski definition) is 3. The van der Waals surface area contributed by atoms with E-state index in [4.69, 9.17) is 14.5 Å². The lowest BCUT2D eigenvalue weighted by Gasteiger charge is -2.40. The van der Waals surface area contributed by atoms with Crippen molar-refractivity contribution in [3.05, 3.63) is 53.0 Å². The van der Waals surface area contributed by atoms with Crippen molar-refractivity contribution in [1.82, 2.24) is 20.3 Å². The van der Waals surface area contributed by atoms with Crippen LogP contribution < -0.4 is 10.2 Å². The first kappa shape index (κ1) is 30.2. The van der Waals surface area contributed by atoms with Gasteiger partial charge in [-0.15, -0.1) is 23.1 Å². The van der Waals surface area contributed by atoms with Gasteiger partial charge in [0, 0.05) is 43.5 Å². The number of amides is 1. The molecule has 0 aliphatic carbocycles. The second kappa shape index (κ2) is 14.3. The summed E-state index contributed by atoms with van der Waals surface area (Å²) in [6, 6.07) is 9.94. The predicted octanol–water partition coefficient (Wildman–Crippen LogP) is 4.33. The molecular weight excluding hydrogens is 560 g/mol. The molecule has 2 aliphatic rings. The molecule has 222 valence electrons. The fraction of sp³-hybridized carbons (Fsp3) is 0.533. The highest BCUT2D eigenvalue weighted by atomic mass is 32.2. The highest BCUT2D eigenvalue weighted by Crippen LogP contribution is 2.40. The fourth-order valence-electron chi connectivity index (χ4n) is 5.97. The van der Waals surface area contributed by atoms with Gasteiger partial charge in [0.15, 0.2) is 0 Å². The Balaban J connectivity index is 1.30. The van der Waals surface area contributed by atoms with Crippen molar-refractivity contribution in [3.8, 4) is 5.75 Å². The summed E-state index contributed by atoms with van der Waals surface area (Å²) in [6.45, 7) is 6.22. The molecule has 0 unspecified atom stereocenters. The van der Waals surface area contributed by atoms with E-state index in [9.17, 15) is 15.1 Å². The van der Waals surface area contributed by atoms with E-state index in [2.05, 4.69) is 27.3 Å². The lowest BCUT2D eigenvalue weighted by atomic mass is 9.73. The van der Waals surface area contributed by atoms with Crippen LogP contribution in [-0.2, 0) is 16.1 Å². The number of nitrogens with zero attached hydrogens (tertiary/aromatic N) is 3. The van der Waals surface area contributed by atoms with Gasteiger partial charge in [-0.3, -0.25) is 19.9 Å². The first-order valence-corrected chi connectivity index (χ1v) is 16.1. The smallest absolute Gasteiger partial charge is 0.249 e. The Morgan fingerprint density at radius 2 is 2.02 bits per heavy atom. The molecule has 5 rings (SSSR count). The van der Waals surface area contributed by atoms with E-state index in [-0.39, 0.29) is 5.91 Å². The highest BCUT2D eigenvalue weighted by Gasteiger charge is 2.41. The first-order valence-electron chi connectivity index (χ1n) is 14.3. The van der Waals surface area contributed by atoms with Crippen LogP contribution in [0.1, 0.15) is 42.9 Å². The molecule has 11 heteroatoms. The second-order valence-corrected chi connectivity index (χ2v) is 13.2. The number of piperidine rings is 1. The maximum absolute atomic E-state index is 13.0. The summed E-state index contributed by atoms with van der Waals surface area (Å²) >= 11 is 3.62. The van der Waals surface area contributed by atoms with Crippen LogP contribution in [0.5, 0.6) is 5.75 Å². The number of methoxy groups -OCH3 is 1. The molecule has 2 aliphatic heterocycles. The van der Waals surface area contributed by atoms with E-state index in [1.807, 2.05) is 41.6 Å². The number of rotatable bonds is 12. The van der Waals surface area contributed by atoms with Gasteiger partial charge in [0.05, 0.1) is 41.6 Å². The molecule has 3 N–H and O–H groups in total. The summed E-state index contributed by atoms with van der Waals surface area (Å²) in [4.78, 5) is 22.4. The predicted molar refractivity (Wildman–Crippen MR) is 162 cm³/mol. The van der Waals surface area contributed by atoms with Crippen molar-refractivity contribution in [1.29, 1.82) is 0 Å². The van der Waals surface area contributed by atoms with Crippen LogP contribution in [0.2, 0.25) is 0 Å². The zero-order valence-electron chi connectivity index (χ0n) is 23.6. The molecule has 2 aromatic heterocycles. The minimum atomic E-state index is -0.799. The van der Waals surface area contributed by atoms with Gasteiger partial charge in [-0.25, -0.2) is 5.48 Å². The average Bonchev–Trinajstić information content (AvgIpc) is 3.54. The normalized spacial score (nSPS) is 18.8. The van der Waals surface area contributed by atoms with Crippen LogP contribution in [0, 0.1) is 5.41 Å². The Kier molecular flexibility index (Phi) is 10.5. The Bertz CT molecular complexity index is 1280. The maximum atomic E-state index is 13.0. The molecule has 1 aromatic carbocycles. The Labute approximate surface area is 249 Å². The molecule has 0 saturated carbocycles. The maximum Gasteiger partial charge on any atom is 0.249 e. The number of ether oxygens (including phenoxy) is 2. The number of morpholine rings is 1. The monoisotopic (exact) mass is 600 g/mol. The lowest BCUT2D eigenvalue weighted by Crippen LogP contribution is -2.48. The van der Waals surface area contributed by atoms with Crippen molar-refractivity contribution in [2.75, 3.05) is 58.8 Å². The van der Waals surface area contributed by atoms with Crippen LogP contribution in [0.15, 0.2) is 46.1 Å². The molecule has 2 fully saturated rings. The molecule has 1 amide bonds. The van der Waals surface area contributed by atoms with Crippen molar-refractivity contribution >= 4 is 39.9 Å². The van der Waals surface area contributed by atoms with E-state index >= 15 is 0 Å². The number of aliphatic hydroxyl groups is 1. The van der Waals surface area contributed by atoms with E-state index in [0.29, 0.717) is 51.2 Å². The topological polar surface area (TPSA) is 107 Å². The molecule has 0 radical (unpaired) electrons. The summed E-state index contributed by atoms with van der Waals surface area (Å²) in [5, 5.41) is 24.3. The number of carbonyl (C=O) groups is 1. The number of benzene rings is 1. The van der Waals surface area contributed by atoms with Crippen LogP contribution in [0.3, 0.4) is 0 Å². The molecule has 2 saturated heterocycles. The van der Waals surface area contributed by atoms with Crippen molar-refractivity contribution in [2.24, 2.45) is 5.41 Å². The number of carbonyl (C=O) groups excluding carboxylic acids is 1. The number of nitrogens with one attached hydrogen (secondary N) is 1. The average molecular weight is 601 g/mol. The molecule has 0 spiro atoms. The molecule has 9 nitrogen and oxygen atoms in total. The van der Waals surface area contributed by atoms with E-state index < -0.39 is 11.5 Å². The summed E-state index contributed by atoms with van der Waals surface area (Å²) in [5.41, 5.74) is 3.82. The van der Waals surface area contributed by atoms with Crippen LogP contribution in [0.25, 0.3) is 10.9 Å².